The van der Waals surface area contributed by atoms with E-state index in [1.165, 1.54) is 16.8 Å². The molecule has 1 N–H and O–H groups in total. The third-order valence-corrected chi connectivity index (χ3v) is 2.57. The van der Waals surface area contributed by atoms with Crippen molar-refractivity contribution >= 4 is 0 Å². The molecule has 0 aromatic carbocycles. The normalized spacial score (nSPS) is 18.5. The van der Waals surface area contributed by atoms with Crippen molar-refractivity contribution in [3.8, 4) is 0 Å². The van der Waals surface area contributed by atoms with Crippen molar-refractivity contribution in [1.82, 2.24) is 5.32 Å². The molecule has 0 aromatic rings. The van der Waals surface area contributed by atoms with Gasteiger partial charge in [-0.15, -0.1) is 0 Å². The minimum Gasteiger partial charge on any atom is -0.388 e. The maximum Gasteiger partial charge on any atom is 0.0184 e. The molecule has 1 rings (SSSR count). The molecule has 1 heteroatoms. The molecule has 0 atom stereocenters. The maximum atomic E-state index is 4.15. The van der Waals surface area contributed by atoms with Crippen LogP contribution in [-0.2, 0) is 0 Å². The van der Waals surface area contributed by atoms with Gasteiger partial charge in [0.1, 0.15) is 0 Å². The molecule has 74 valence electrons. The Hall–Kier alpha value is -0.720. The van der Waals surface area contributed by atoms with Crippen LogP contribution in [-0.4, -0.2) is 6.54 Å². The van der Waals surface area contributed by atoms with Crippen molar-refractivity contribution < 1.29 is 0 Å². The Morgan fingerprint density at radius 2 is 1.77 bits per heavy atom. The largest absolute Gasteiger partial charge is 0.388 e. The Morgan fingerprint density at radius 3 is 2.15 bits per heavy atom. The van der Waals surface area contributed by atoms with Crippen LogP contribution in [0.5, 0.6) is 0 Å². The fourth-order valence-corrected chi connectivity index (χ4v) is 2.00. The van der Waals surface area contributed by atoms with Gasteiger partial charge in [-0.25, -0.2) is 0 Å². The van der Waals surface area contributed by atoms with Gasteiger partial charge in [0.05, 0.1) is 0 Å². The van der Waals surface area contributed by atoms with Gasteiger partial charge in [-0.3, -0.25) is 0 Å². The quantitative estimate of drug-likeness (QED) is 0.687. The number of nitrogens with one attached hydrogen (secondary N) is 1. The van der Waals surface area contributed by atoms with Gasteiger partial charge in [0, 0.05) is 12.2 Å². The molecule has 0 saturated heterocycles. The first-order chi connectivity index (χ1) is 6.04. The first-order valence-electron chi connectivity index (χ1n) is 5.20. The minimum atomic E-state index is 0.592. The van der Waals surface area contributed by atoms with Crippen LogP contribution in [0.1, 0.15) is 34.1 Å². The summed E-state index contributed by atoms with van der Waals surface area (Å²) in [5.74, 6) is 1.19. The van der Waals surface area contributed by atoms with Crippen LogP contribution in [0.25, 0.3) is 0 Å². The second-order valence-electron chi connectivity index (χ2n) is 4.42. The molecule has 0 fully saturated rings. The predicted molar refractivity (Wildman–Crippen MR) is 58.5 cm³/mol. The smallest absolute Gasteiger partial charge is 0.0184 e. The van der Waals surface area contributed by atoms with Gasteiger partial charge in [-0.2, -0.15) is 0 Å². The zero-order valence-electron chi connectivity index (χ0n) is 9.28. The zero-order valence-corrected chi connectivity index (χ0v) is 9.28. The summed E-state index contributed by atoms with van der Waals surface area (Å²) in [6.07, 6.45) is 1.10. The highest BCUT2D eigenvalue weighted by Gasteiger charge is 2.19. The van der Waals surface area contributed by atoms with Gasteiger partial charge in [-0.05, 0) is 29.4 Å². The Kier molecular flexibility index (Phi) is 3.18. The molecule has 1 heterocycles. The maximum absolute atomic E-state index is 4.15. The summed E-state index contributed by atoms with van der Waals surface area (Å²) in [7, 11) is 0. The SMILES string of the molecule is C=C1CCNC(C(C)C)=C1C(C)C. The predicted octanol–water partition coefficient (Wildman–Crippen LogP) is 3.10. The fourth-order valence-electron chi connectivity index (χ4n) is 2.00. The van der Waals surface area contributed by atoms with Gasteiger partial charge in [0.2, 0.25) is 0 Å². The van der Waals surface area contributed by atoms with Gasteiger partial charge in [-0.1, -0.05) is 34.3 Å². The van der Waals surface area contributed by atoms with Crippen molar-refractivity contribution in [1.29, 1.82) is 0 Å². The van der Waals surface area contributed by atoms with Crippen LogP contribution in [0, 0.1) is 11.8 Å². The monoisotopic (exact) mass is 179 g/mol. The van der Waals surface area contributed by atoms with Crippen LogP contribution in [0.2, 0.25) is 0 Å². The van der Waals surface area contributed by atoms with Crippen molar-refractivity contribution in [3.63, 3.8) is 0 Å². The Bertz CT molecular complexity index is 234. The average Bonchev–Trinajstić information content (AvgIpc) is 2.02. The molecule has 13 heavy (non-hydrogen) atoms. The number of rotatable bonds is 2. The number of allylic oxidation sites excluding steroid dienone is 2. The lowest BCUT2D eigenvalue weighted by Gasteiger charge is -2.29. The van der Waals surface area contributed by atoms with Crippen LogP contribution < -0.4 is 5.32 Å². The van der Waals surface area contributed by atoms with E-state index in [-0.39, 0.29) is 0 Å². The van der Waals surface area contributed by atoms with E-state index in [4.69, 9.17) is 0 Å². The lowest BCUT2D eigenvalue weighted by Crippen LogP contribution is -2.27. The molecule has 0 aliphatic carbocycles. The molecular weight excluding hydrogens is 158 g/mol. The van der Waals surface area contributed by atoms with E-state index in [9.17, 15) is 0 Å². The summed E-state index contributed by atoms with van der Waals surface area (Å²) < 4.78 is 0. The lowest BCUT2D eigenvalue weighted by molar-refractivity contribution is 0.582. The second kappa shape index (κ2) is 3.99. The summed E-state index contributed by atoms with van der Waals surface area (Å²) in [5.41, 5.74) is 4.20. The standard InChI is InChI=1S/C12H21N/c1-8(2)11-10(5)6-7-13-12(11)9(3)4/h8-9,13H,5-7H2,1-4H3. The topological polar surface area (TPSA) is 12.0 Å². The second-order valence-corrected chi connectivity index (χ2v) is 4.42. The summed E-state index contributed by atoms with van der Waals surface area (Å²) in [4.78, 5) is 0. The summed E-state index contributed by atoms with van der Waals surface area (Å²) in [5, 5.41) is 3.50. The Balaban J connectivity index is 3.04. The van der Waals surface area contributed by atoms with E-state index in [0.717, 1.165) is 13.0 Å². The van der Waals surface area contributed by atoms with Crippen LogP contribution in [0.15, 0.2) is 23.4 Å². The fraction of sp³-hybridized carbons (Fsp3) is 0.667. The molecule has 0 aromatic heterocycles. The van der Waals surface area contributed by atoms with Gasteiger partial charge < -0.3 is 5.32 Å². The summed E-state index contributed by atoms with van der Waals surface area (Å²) >= 11 is 0. The van der Waals surface area contributed by atoms with Crippen molar-refractivity contribution in [2.45, 2.75) is 34.1 Å². The zero-order chi connectivity index (χ0) is 10.0. The van der Waals surface area contributed by atoms with Crippen molar-refractivity contribution in [2.75, 3.05) is 6.54 Å². The van der Waals surface area contributed by atoms with Crippen molar-refractivity contribution in [2.24, 2.45) is 11.8 Å². The Labute approximate surface area is 81.9 Å². The van der Waals surface area contributed by atoms with E-state index >= 15 is 0 Å². The first-order valence-corrected chi connectivity index (χ1v) is 5.20. The van der Waals surface area contributed by atoms with E-state index in [2.05, 4.69) is 39.6 Å². The third kappa shape index (κ3) is 2.15. The lowest BCUT2D eigenvalue weighted by atomic mass is 9.86. The van der Waals surface area contributed by atoms with Gasteiger partial charge in [0.25, 0.3) is 0 Å². The highest BCUT2D eigenvalue weighted by Crippen LogP contribution is 2.29. The summed E-state index contributed by atoms with van der Waals surface area (Å²) in [6, 6.07) is 0. The van der Waals surface area contributed by atoms with E-state index in [0.29, 0.717) is 11.8 Å². The molecule has 0 bridgehead atoms. The van der Waals surface area contributed by atoms with Gasteiger partial charge in [0.15, 0.2) is 0 Å². The molecule has 1 aliphatic rings. The van der Waals surface area contributed by atoms with Gasteiger partial charge >= 0.3 is 0 Å². The first kappa shape index (κ1) is 10.4. The van der Waals surface area contributed by atoms with Crippen molar-refractivity contribution in [3.05, 3.63) is 23.4 Å². The average molecular weight is 179 g/mol. The van der Waals surface area contributed by atoms with E-state index in [1.807, 2.05) is 0 Å². The molecule has 1 aliphatic heterocycles. The van der Waals surface area contributed by atoms with Crippen LogP contribution >= 0.6 is 0 Å². The molecule has 1 nitrogen and oxygen atoms in total. The van der Waals surface area contributed by atoms with E-state index < -0.39 is 0 Å². The molecule has 0 radical (unpaired) electrons. The number of hydrogen-bond donors (Lipinski definition) is 1. The minimum absolute atomic E-state index is 0.592. The highest BCUT2D eigenvalue weighted by molar-refractivity contribution is 5.37. The molecule has 0 amide bonds. The molecule has 0 unspecified atom stereocenters. The Morgan fingerprint density at radius 1 is 1.15 bits per heavy atom. The number of hydrogen-bond acceptors (Lipinski definition) is 1. The molecule has 0 spiro atoms. The highest BCUT2D eigenvalue weighted by atomic mass is 14.9. The summed E-state index contributed by atoms with van der Waals surface area (Å²) in [6.45, 7) is 14.2. The molecule has 0 saturated carbocycles. The molecular formula is C12H21N. The van der Waals surface area contributed by atoms with E-state index in [1.54, 1.807) is 0 Å². The van der Waals surface area contributed by atoms with Crippen LogP contribution in [0.3, 0.4) is 0 Å². The van der Waals surface area contributed by atoms with Crippen LogP contribution in [0.4, 0.5) is 0 Å². The third-order valence-electron chi connectivity index (χ3n) is 2.57.